The number of piperidine rings is 1. The number of likely N-dealkylation sites (tertiary alicyclic amines) is 1. The number of halogens is 2. The molecular weight excluding hydrogens is 383 g/mol. The van der Waals surface area contributed by atoms with Crippen molar-refractivity contribution in [2.24, 2.45) is 11.8 Å². The number of carbonyl (C=O) groups is 2. The number of benzene rings is 1. The Morgan fingerprint density at radius 3 is 2.68 bits per heavy atom. The van der Waals surface area contributed by atoms with Gasteiger partial charge in [0.05, 0.1) is 6.10 Å². The summed E-state index contributed by atoms with van der Waals surface area (Å²) in [6.45, 7) is 3.36. The van der Waals surface area contributed by atoms with Gasteiger partial charge in [0.15, 0.2) is 11.6 Å². The number of amides is 2. The van der Waals surface area contributed by atoms with E-state index in [1.165, 1.54) is 6.07 Å². The molecule has 1 aliphatic carbocycles. The first-order valence-electron chi connectivity index (χ1n) is 10.1. The van der Waals surface area contributed by atoms with Crippen LogP contribution in [-0.2, 0) is 9.59 Å². The maximum absolute atomic E-state index is 13.9. The zero-order valence-electron chi connectivity index (χ0n) is 16.0. The van der Waals surface area contributed by atoms with Crippen molar-refractivity contribution in [2.75, 3.05) is 13.1 Å². The van der Waals surface area contributed by atoms with Crippen LogP contribution in [0.5, 0.6) is 5.75 Å². The van der Waals surface area contributed by atoms with Crippen LogP contribution < -0.4 is 10.1 Å². The molecule has 3 fully saturated rings. The third-order valence-electron chi connectivity index (χ3n) is 6.58. The second kappa shape index (κ2) is 7.54. The van der Waals surface area contributed by atoms with Crippen molar-refractivity contribution in [3.8, 4) is 5.75 Å². The molecule has 4 rings (SSSR count). The number of ether oxygens (including phenoxy) is 1. The van der Waals surface area contributed by atoms with Crippen molar-refractivity contribution < 1.29 is 18.7 Å². The van der Waals surface area contributed by atoms with Gasteiger partial charge in [0.25, 0.3) is 0 Å². The molecule has 1 unspecified atom stereocenters. The van der Waals surface area contributed by atoms with Crippen LogP contribution in [0.25, 0.3) is 0 Å². The van der Waals surface area contributed by atoms with Gasteiger partial charge in [-0.25, -0.2) is 4.39 Å². The third kappa shape index (κ3) is 3.84. The summed E-state index contributed by atoms with van der Waals surface area (Å²) < 4.78 is 19.8. The van der Waals surface area contributed by atoms with Crippen molar-refractivity contribution in [1.29, 1.82) is 0 Å². The van der Waals surface area contributed by atoms with E-state index < -0.39 is 5.82 Å². The van der Waals surface area contributed by atoms with E-state index in [0.29, 0.717) is 24.5 Å². The minimum Gasteiger partial charge on any atom is -0.487 e. The van der Waals surface area contributed by atoms with Gasteiger partial charge >= 0.3 is 0 Å². The lowest BCUT2D eigenvalue weighted by Gasteiger charge is -2.46. The number of rotatable bonds is 4. The summed E-state index contributed by atoms with van der Waals surface area (Å²) in [6.07, 6.45) is 4.54. The zero-order chi connectivity index (χ0) is 19.9. The van der Waals surface area contributed by atoms with Crippen molar-refractivity contribution in [2.45, 2.75) is 57.1 Å². The predicted octanol–water partition coefficient (Wildman–Crippen LogP) is 3.54. The SMILES string of the molecule is CC(Oc1ccc(Cl)cc1F)C1CCN(C(=O)[C@H]2C[C@@]3(CCC(=O)N3)C2)CC1. The van der Waals surface area contributed by atoms with Crippen LogP contribution in [0.4, 0.5) is 4.39 Å². The average Bonchev–Trinajstić information content (AvgIpc) is 3.04. The first-order chi connectivity index (χ1) is 13.3. The van der Waals surface area contributed by atoms with Crippen LogP contribution in [0, 0.1) is 17.7 Å². The Balaban J connectivity index is 1.25. The van der Waals surface area contributed by atoms with Crippen LogP contribution in [0.2, 0.25) is 5.02 Å². The molecule has 1 aromatic carbocycles. The minimum atomic E-state index is -0.454. The first kappa shape index (κ1) is 19.5. The van der Waals surface area contributed by atoms with Gasteiger partial charge in [-0.3, -0.25) is 9.59 Å². The topological polar surface area (TPSA) is 58.6 Å². The predicted molar refractivity (Wildman–Crippen MR) is 104 cm³/mol. The van der Waals surface area contributed by atoms with Gasteiger partial charge in [-0.15, -0.1) is 0 Å². The quantitative estimate of drug-likeness (QED) is 0.828. The summed E-state index contributed by atoms with van der Waals surface area (Å²) in [7, 11) is 0. The van der Waals surface area contributed by atoms with Crippen molar-refractivity contribution >= 4 is 23.4 Å². The van der Waals surface area contributed by atoms with E-state index in [1.807, 2.05) is 11.8 Å². The van der Waals surface area contributed by atoms with Gasteiger partial charge in [0.2, 0.25) is 11.8 Å². The Labute approximate surface area is 169 Å². The van der Waals surface area contributed by atoms with Crippen LogP contribution in [0.3, 0.4) is 0 Å². The molecule has 1 aromatic rings. The molecule has 1 spiro atoms. The molecule has 0 bridgehead atoms. The summed E-state index contributed by atoms with van der Waals surface area (Å²) in [5.74, 6) is 0.395. The standard InChI is InChI=1S/C21H26ClFN2O3/c1-13(28-18-3-2-16(22)10-17(18)23)14-5-8-25(9-6-14)20(27)15-11-21(12-15)7-4-19(26)24-21/h2-3,10,13-15H,4-9,11-12H2,1H3,(H,24,26)/t13?,15-,21-. The van der Waals surface area contributed by atoms with Gasteiger partial charge in [-0.1, -0.05) is 11.6 Å². The smallest absolute Gasteiger partial charge is 0.225 e. The van der Waals surface area contributed by atoms with Crippen LogP contribution in [0.1, 0.15) is 45.4 Å². The monoisotopic (exact) mass is 408 g/mol. The van der Waals surface area contributed by atoms with Gasteiger partial charge in [-0.2, -0.15) is 0 Å². The second-order valence-electron chi connectivity index (χ2n) is 8.49. The highest BCUT2D eigenvalue weighted by Gasteiger charge is 2.51. The second-order valence-corrected chi connectivity index (χ2v) is 8.93. The fourth-order valence-electron chi connectivity index (χ4n) is 4.85. The van der Waals surface area contributed by atoms with Gasteiger partial charge in [-0.05, 0) is 63.1 Å². The fourth-order valence-corrected chi connectivity index (χ4v) is 5.01. The molecule has 1 saturated carbocycles. The molecule has 0 aromatic heterocycles. The van der Waals surface area contributed by atoms with Crippen molar-refractivity contribution in [3.63, 3.8) is 0 Å². The molecule has 2 amide bonds. The van der Waals surface area contributed by atoms with E-state index in [1.54, 1.807) is 12.1 Å². The fraction of sp³-hybridized carbons (Fsp3) is 0.619. The number of nitrogens with zero attached hydrogens (tertiary/aromatic N) is 1. The Morgan fingerprint density at radius 1 is 1.36 bits per heavy atom. The summed E-state index contributed by atoms with van der Waals surface area (Å²) in [5, 5.41) is 3.39. The zero-order valence-corrected chi connectivity index (χ0v) is 16.8. The first-order valence-corrected chi connectivity index (χ1v) is 10.4. The van der Waals surface area contributed by atoms with Gasteiger partial charge in [0, 0.05) is 36.0 Å². The molecule has 152 valence electrons. The average molecular weight is 409 g/mol. The normalized spacial score (nSPS) is 28.8. The number of carbonyl (C=O) groups excluding carboxylic acids is 2. The maximum Gasteiger partial charge on any atom is 0.225 e. The van der Waals surface area contributed by atoms with Crippen LogP contribution in [0.15, 0.2) is 18.2 Å². The summed E-state index contributed by atoms with van der Waals surface area (Å²) in [5.41, 5.74) is -0.110. The molecule has 28 heavy (non-hydrogen) atoms. The highest BCUT2D eigenvalue weighted by atomic mass is 35.5. The largest absolute Gasteiger partial charge is 0.487 e. The van der Waals surface area contributed by atoms with E-state index >= 15 is 0 Å². The number of hydrogen-bond donors (Lipinski definition) is 1. The molecule has 3 aliphatic rings. The lowest BCUT2D eigenvalue weighted by molar-refractivity contribution is -0.143. The minimum absolute atomic E-state index is 0.0341. The summed E-state index contributed by atoms with van der Waals surface area (Å²) in [6, 6.07) is 4.43. The van der Waals surface area contributed by atoms with E-state index in [2.05, 4.69) is 5.32 Å². The Kier molecular flexibility index (Phi) is 5.25. The third-order valence-corrected chi connectivity index (χ3v) is 6.82. The summed E-state index contributed by atoms with van der Waals surface area (Å²) in [4.78, 5) is 26.2. The Bertz CT molecular complexity index is 773. The van der Waals surface area contributed by atoms with Gasteiger partial charge < -0.3 is 15.0 Å². The number of hydrogen-bond acceptors (Lipinski definition) is 3. The molecule has 0 radical (unpaired) electrons. The molecule has 2 saturated heterocycles. The molecule has 2 heterocycles. The Hall–Kier alpha value is -1.82. The summed E-state index contributed by atoms with van der Waals surface area (Å²) >= 11 is 5.78. The Morgan fingerprint density at radius 2 is 2.07 bits per heavy atom. The molecule has 1 atom stereocenters. The van der Waals surface area contributed by atoms with Gasteiger partial charge in [0.1, 0.15) is 0 Å². The van der Waals surface area contributed by atoms with Crippen molar-refractivity contribution in [3.05, 3.63) is 29.0 Å². The van der Waals surface area contributed by atoms with E-state index in [-0.39, 0.29) is 41.0 Å². The van der Waals surface area contributed by atoms with Crippen LogP contribution >= 0.6 is 11.6 Å². The highest BCUT2D eigenvalue weighted by molar-refractivity contribution is 6.30. The molecule has 2 aliphatic heterocycles. The lowest BCUT2D eigenvalue weighted by Crippen LogP contribution is -2.57. The van der Waals surface area contributed by atoms with E-state index in [0.717, 1.165) is 32.1 Å². The molecular formula is C21H26ClFN2O3. The van der Waals surface area contributed by atoms with Crippen molar-refractivity contribution in [1.82, 2.24) is 10.2 Å². The van der Waals surface area contributed by atoms with E-state index in [4.69, 9.17) is 16.3 Å². The van der Waals surface area contributed by atoms with E-state index in [9.17, 15) is 14.0 Å². The lowest BCUT2D eigenvalue weighted by atomic mass is 9.67. The van der Waals surface area contributed by atoms with Crippen LogP contribution in [-0.4, -0.2) is 41.4 Å². The molecule has 1 N–H and O–H groups in total. The maximum atomic E-state index is 13.9. The number of nitrogens with one attached hydrogen (secondary N) is 1. The molecule has 7 heteroatoms. The molecule has 5 nitrogen and oxygen atoms in total. The highest BCUT2D eigenvalue weighted by Crippen LogP contribution is 2.45.